The summed E-state index contributed by atoms with van der Waals surface area (Å²) in [5.41, 5.74) is 0. The highest BCUT2D eigenvalue weighted by atomic mass is 32.2. The Morgan fingerprint density at radius 1 is 1.57 bits per heavy atom. The first-order chi connectivity index (χ1) is 6.38. The number of nitrogens with zero attached hydrogens (tertiary/aromatic N) is 1. The van der Waals surface area contributed by atoms with Gasteiger partial charge in [-0.25, -0.2) is 0 Å². The molecular weight excluding hydrogens is 210 g/mol. The summed E-state index contributed by atoms with van der Waals surface area (Å²) in [6.07, 6.45) is 1.44. The molecule has 1 heterocycles. The zero-order valence-electron chi connectivity index (χ0n) is 7.21. The summed E-state index contributed by atoms with van der Waals surface area (Å²) < 4.78 is 29.7. The third-order valence-electron chi connectivity index (χ3n) is 1.88. The molecule has 78 valence electrons. The van der Waals surface area contributed by atoms with Crippen molar-refractivity contribution in [2.45, 2.75) is 12.8 Å². The molecule has 14 heavy (non-hydrogen) atoms. The molecule has 0 aliphatic carbocycles. The molecule has 1 aliphatic heterocycles. The van der Waals surface area contributed by atoms with E-state index in [0.717, 1.165) is 0 Å². The van der Waals surface area contributed by atoms with Gasteiger partial charge in [0.05, 0.1) is 5.92 Å². The number of amides is 2. The Balaban J connectivity index is 2.97. The Morgan fingerprint density at radius 3 is 2.50 bits per heavy atom. The Labute approximate surface area is 81.1 Å². The van der Waals surface area contributed by atoms with Crippen LogP contribution in [0.1, 0.15) is 12.8 Å². The van der Waals surface area contributed by atoms with Crippen LogP contribution in [0.15, 0.2) is 12.7 Å². The summed E-state index contributed by atoms with van der Waals surface area (Å²) in [6, 6.07) is 0. The monoisotopic (exact) mass is 219 g/mol. The van der Waals surface area contributed by atoms with Crippen LogP contribution in [-0.4, -0.2) is 29.1 Å². The van der Waals surface area contributed by atoms with Gasteiger partial charge < -0.3 is 0 Å². The fourth-order valence-electron chi connectivity index (χ4n) is 1.30. The Hall–Kier alpha value is -1.21. The van der Waals surface area contributed by atoms with E-state index in [1.165, 1.54) is 6.08 Å². The third-order valence-corrected chi connectivity index (χ3v) is 2.72. The first-order valence-corrected chi connectivity index (χ1v) is 5.23. The minimum absolute atomic E-state index is 0.0961. The highest BCUT2D eigenvalue weighted by molar-refractivity contribution is 7.84. The quantitative estimate of drug-likeness (QED) is 0.401. The fourth-order valence-corrected chi connectivity index (χ4v) is 2.01. The van der Waals surface area contributed by atoms with E-state index in [0.29, 0.717) is 0 Å². The fraction of sp³-hybridized carbons (Fsp3) is 0.429. The molecule has 0 bridgehead atoms. The summed E-state index contributed by atoms with van der Waals surface area (Å²) in [5.74, 6) is -2.51. The lowest BCUT2D eigenvalue weighted by Gasteiger charge is -2.09. The van der Waals surface area contributed by atoms with E-state index in [1.807, 2.05) is 0 Å². The van der Waals surface area contributed by atoms with E-state index >= 15 is 0 Å². The van der Waals surface area contributed by atoms with Gasteiger partial charge in [-0.1, -0.05) is 6.08 Å². The molecule has 0 saturated carbocycles. The molecule has 1 atom stereocenters. The van der Waals surface area contributed by atoms with Crippen molar-refractivity contribution in [1.82, 2.24) is 4.31 Å². The molecule has 7 heteroatoms. The molecule has 0 radical (unpaired) electrons. The van der Waals surface area contributed by atoms with E-state index in [9.17, 15) is 18.0 Å². The first kappa shape index (κ1) is 10.9. The van der Waals surface area contributed by atoms with E-state index in [-0.39, 0.29) is 17.1 Å². The number of imide groups is 1. The number of carbonyl (C=O) groups excluding carboxylic acids is 2. The van der Waals surface area contributed by atoms with Gasteiger partial charge in [-0.15, -0.1) is 6.58 Å². The molecule has 0 aromatic heterocycles. The molecule has 1 fully saturated rings. The average Bonchev–Trinajstić information content (AvgIpc) is 2.26. The Morgan fingerprint density at radius 2 is 2.14 bits per heavy atom. The van der Waals surface area contributed by atoms with Crippen molar-refractivity contribution >= 4 is 22.1 Å². The number of carbonyl (C=O) groups is 2. The summed E-state index contributed by atoms with van der Waals surface area (Å²) in [6.45, 7) is 3.38. The number of hydrogen-bond donors (Lipinski definition) is 1. The van der Waals surface area contributed by atoms with E-state index < -0.39 is 28.0 Å². The van der Waals surface area contributed by atoms with Crippen LogP contribution >= 0.6 is 0 Å². The SMILES string of the molecule is C=CCC1CC(=O)N(S(=O)(=O)O)C1=O. The second-order valence-electron chi connectivity index (χ2n) is 2.90. The lowest BCUT2D eigenvalue weighted by atomic mass is 10.0. The zero-order valence-corrected chi connectivity index (χ0v) is 8.03. The second-order valence-corrected chi connectivity index (χ2v) is 4.16. The maximum absolute atomic E-state index is 11.3. The van der Waals surface area contributed by atoms with E-state index in [1.54, 1.807) is 0 Å². The van der Waals surface area contributed by atoms with Crippen molar-refractivity contribution in [2.75, 3.05) is 0 Å². The summed E-state index contributed by atoms with van der Waals surface area (Å²) in [7, 11) is -4.75. The van der Waals surface area contributed by atoms with Crippen molar-refractivity contribution in [3.63, 3.8) is 0 Å². The average molecular weight is 219 g/mol. The lowest BCUT2D eigenvalue weighted by molar-refractivity contribution is -0.133. The maximum Gasteiger partial charge on any atom is 0.368 e. The second kappa shape index (κ2) is 3.50. The van der Waals surface area contributed by atoms with Gasteiger partial charge in [-0.05, 0) is 6.42 Å². The van der Waals surface area contributed by atoms with Gasteiger partial charge in [-0.2, -0.15) is 12.7 Å². The number of rotatable bonds is 3. The molecule has 0 aromatic rings. The van der Waals surface area contributed by atoms with Gasteiger partial charge in [0.1, 0.15) is 0 Å². The highest BCUT2D eigenvalue weighted by Crippen LogP contribution is 2.24. The predicted octanol–water partition coefficient (Wildman–Crippen LogP) is -0.260. The lowest BCUT2D eigenvalue weighted by Crippen LogP contribution is -2.36. The summed E-state index contributed by atoms with van der Waals surface area (Å²) >= 11 is 0. The molecule has 0 aromatic carbocycles. The summed E-state index contributed by atoms with van der Waals surface area (Å²) in [5, 5.41) is 0. The topological polar surface area (TPSA) is 91.8 Å². The van der Waals surface area contributed by atoms with Crippen molar-refractivity contribution in [1.29, 1.82) is 0 Å². The van der Waals surface area contributed by atoms with Crippen LogP contribution in [-0.2, 0) is 19.9 Å². The van der Waals surface area contributed by atoms with Gasteiger partial charge in [0.25, 0.3) is 0 Å². The van der Waals surface area contributed by atoms with Crippen LogP contribution in [0.5, 0.6) is 0 Å². The maximum atomic E-state index is 11.3. The van der Waals surface area contributed by atoms with Crippen molar-refractivity contribution in [2.24, 2.45) is 5.92 Å². The van der Waals surface area contributed by atoms with Crippen LogP contribution in [0.2, 0.25) is 0 Å². The van der Waals surface area contributed by atoms with Gasteiger partial charge in [-0.3, -0.25) is 14.1 Å². The van der Waals surface area contributed by atoms with Crippen molar-refractivity contribution in [3.8, 4) is 0 Å². The smallest absolute Gasteiger partial charge is 0.273 e. The predicted molar refractivity (Wildman–Crippen MR) is 46.3 cm³/mol. The minimum atomic E-state index is -4.75. The Kier molecular flexibility index (Phi) is 2.72. The van der Waals surface area contributed by atoms with Crippen LogP contribution < -0.4 is 0 Å². The van der Waals surface area contributed by atoms with Crippen LogP contribution in [0.4, 0.5) is 0 Å². The molecule has 1 N–H and O–H groups in total. The summed E-state index contributed by atoms with van der Waals surface area (Å²) in [4.78, 5) is 22.3. The van der Waals surface area contributed by atoms with Gasteiger partial charge >= 0.3 is 10.3 Å². The van der Waals surface area contributed by atoms with E-state index in [4.69, 9.17) is 4.55 Å². The normalized spacial score (nSPS) is 22.9. The molecule has 2 amide bonds. The molecule has 1 aliphatic rings. The van der Waals surface area contributed by atoms with Crippen LogP contribution in [0.25, 0.3) is 0 Å². The largest absolute Gasteiger partial charge is 0.368 e. The molecule has 1 saturated heterocycles. The first-order valence-electron chi connectivity index (χ1n) is 3.83. The highest BCUT2D eigenvalue weighted by Gasteiger charge is 2.44. The van der Waals surface area contributed by atoms with E-state index in [2.05, 4.69) is 6.58 Å². The molecule has 6 nitrogen and oxygen atoms in total. The third kappa shape index (κ3) is 1.83. The van der Waals surface area contributed by atoms with Gasteiger partial charge in [0, 0.05) is 6.42 Å². The number of allylic oxidation sites excluding steroid dienone is 1. The zero-order chi connectivity index (χ0) is 10.9. The Bertz CT molecular complexity index is 385. The van der Waals surface area contributed by atoms with Crippen molar-refractivity contribution in [3.05, 3.63) is 12.7 Å². The standard InChI is InChI=1S/C7H9NO5S/c1-2-3-5-4-6(9)8(7(5)10)14(11,12)13/h2,5H,1,3-4H2,(H,11,12,13). The van der Waals surface area contributed by atoms with Crippen LogP contribution in [0, 0.1) is 5.92 Å². The molecular formula is C7H9NO5S. The van der Waals surface area contributed by atoms with Gasteiger partial charge in [0.2, 0.25) is 11.8 Å². The van der Waals surface area contributed by atoms with Gasteiger partial charge in [0.15, 0.2) is 0 Å². The van der Waals surface area contributed by atoms with Crippen LogP contribution in [0.3, 0.4) is 0 Å². The minimum Gasteiger partial charge on any atom is -0.273 e. The van der Waals surface area contributed by atoms with Crippen molar-refractivity contribution < 1.29 is 22.6 Å². The molecule has 1 unspecified atom stereocenters. The number of hydrogen-bond acceptors (Lipinski definition) is 4. The molecule has 0 spiro atoms. The molecule has 1 rings (SSSR count).